The van der Waals surface area contributed by atoms with E-state index < -0.39 is 25.9 Å². The molecule has 1 unspecified atom stereocenters. The molecule has 6 nitrogen and oxygen atoms in total. The van der Waals surface area contributed by atoms with Gasteiger partial charge in [-0.3, -0.25) is 0 Å². The second-order valence-electron chi connectivity index (χ2n) is 4.87. The summed E-state index contributed by atoms with van der Waals surface area (Å²) in [6.07, 6.45) is 0.270. The highest BCUT2D eigenvalue weighted by Gasteiger charge is 2.39. The van der Waals surface area contributed by atoms with Crippen LogP contribution in [0.4, 0.5) is 0 Å². The van der Waals surface area contributed by atoms with Gasteiger partial charge < -0.3 is 5.11 Å². The summed E-state index contributed by atoms with van der Waals surface area (Å²) in [6, 6.07) is 0.911. The standard InChI is InChI=1S/C11H16BrNO5S3/c1-8-10(6-11(12)19-8)21(17,18)13(3-4-14)9-2-5-20(15,16)7-9/h6,9,14H,2-5,7H2,1H3. The number of sulfonamides is 1. The third-order valence-corrected chi connectivity index (χ3v) is 8.88. The maximum absolute atomic E-state index is 12.8. The van der Waals surface area contributed by atoms with Crippen molar-refractivity contribution in [2.75, 3.05) is 24.7 Å². The predicted molar refractivity (Wildman–Crippen MR) is 84.8 cm³/mol. The quantitative estimate of drug-likeness (QED) is 0.770. The Bertz CT molecular complexity index is 725. The number of aliphatic hydroxyl groups excluding tert-OH is 1. The van der Waals surface area contributed by atoms with Crippen LogP contribution in [-0.4, -0.2) is 56.9 Å². The zero-order valence-corrected chi connectivity index (χ0v) is 15.4. The van der Waals surface area contributed by atoms with Gasteiger partial charge in [0.1, 0.15) is 0 Å². The molecule has 1 aliphatic rings. The van der Waals surface area contributed by atoms with Gasteiger partial charge in [0.15, 0.2) is 9.84 Å². The maximum atomic E-state index is 12.8. The first-order valence-corrected chi connectivity index (χ1v) is 11.1. The molecule has 0 bridgehead atoms. The first-order chi connectivity index (χ1) is 9.67. The van der Waals surface area contributed by atoms with Crippen LogP contribution in [0.25, 0.3) is 0 Å². The molecule has 0 saturated carbocycles. The Balaban J connectivity index is 2.40. The van der Waals surface area contributed by atoms with Crippen LogP contribution in [0.5, 0.6) is 0 Å². The normalized spacial score (nSPS) is 22.0. The molecular weight excluding hydrogens is 402 g/mol. The number of halogens is 1. The van der Waals surface area contributed by atoms with Crippen LogP contribution in [0.3, 0.4) is 0 Å². The van der Waals surface area contributed by atoms with Gasteiger partial charge in [0, 0.05) is 17.5 Å². The zero-order chi connectivity index (χ0) is 15.8. The smallest absolute Gasteiger partial charge is 0.244 e. The van der Waals surface area contributed by atoms with Gasteiger partial charge in [0.2, 0.25) is 10.0 Å². The van der Waals surface area contributed by atoms with Gasteiger partial charge >= 0.3 is 0 Å². The highest BCUT2D eigenvalue weighted by Crippen LogP contribution is 2.33. The van der Waals surface area contributed by atoms with Crippen molar-refractivity contribution in [3.63, 3.8) is 0 Å². The van der Waals surface area contributed by atoms with E-state index in [9.17, 15) is 16.8 Å². The fraction of sp³-hybridized carbons (Fsp3) is 0.636. The molecule has 1 aromatic heterocycles. The number of aryl methyl sites for hydroxylation is 1. The Morgan fingerprint density at radius 3 is 2.62 bits per heavy atom. The number of nitrogens with zero attached hydrogens (tertiary/aromatic N) is 1. The Labute approximate surface area is 136 Å². The van der Waals surface area contributed by atoms with Crippen LogP contribution >= 0.6 is 27.3 Å². The Morgan fingerprint density at radius 1 is 1.52 bits per heavy atom. The van der Waals surface area contributed by atoms with Crippen molar-refractivity contribution in [1.29, 1.82) is 0 Å². The lowest BCUT2D eigenvalue weighted by molar-refractivity contribution is 0.232. The summed E-state index contributed by atoms with van der Waals surface area (Å²) >= 11 is 4.56. The molecule has 1 saturated heterocycles. The highest BCUT2D eigenvalue weighted by molar-refractivity contribution is 9.11. The number of sulfone groups is 1. The Kier molecular flexibility index (Phi) is 5.16. The number of aliphatic hydroxyl groups is 1. The first-order valence-electron chi connectivity index (χ1n) is 6.26. The summed E-state index contributed by atoms with van der Waals surface area (Å²) < 4.78 is 50.5. The largest absolute Gasteiger partial charge is 0.395 e. The SMILES string of the molecule is Cc1sc(Br)cc1S(=O)(=O)N(CCO)C1CCS(=O)(=O)C1. The van der Waals surface area contributed by atoms with Crippen molar-refractivity contribution in [3.8, 4) is 0 Å². The van der Waals surface area contributed by atoms with Crippen molar-refractivity contribution in [1.82, 2.24) is 4.31 Å². The molecule has 0 spiro atoms. The van der Waals surface area contributed by atoms with Crippen molar-refractivity contribution in [2.45, 2.75) is 24.3 Å². The van der Waals surface area contributed by atoms with E-state index in [0.29, 0.717) is 8.66 Å². The van der Waals surface area contributed by atoms with Gasteiger partial charge in [0.05, 0.1) is 26.8 Å². The van der Waals surface area contributed by atoms with Crippen molar-refractivity contribution >= 4 is 47.1 Å². The molecule has 10 heteroatoms. The van der Waals surface area contributed by atoms with Crippen molar-refractivity contribution in [2.24, 2.45) is 0 Å². The number of hydrogen-bond donors (Lipinski definition) is 1. The van der Waals surface area contributed by atoms with E-state index in [1.807, 2.05) is 0 Å². The second kappa shape index (κ2) is 6.25. The summed E-state index contributed by atoms with van der Waals surface area (Å²) in [5, 5.41) is 9.15. The van der Waals surface area contributed by atoms with Crippen LogP contribution in [0.2, 0.25) is 0 Å². The zero-order valence-electron chi connectivity index (χ0n) is 11.3. The van der Waals surface area contributed by atoms with Crippen LogP contribution in [0.1, 0.15) is 11.3 Å². The molecule has 1 N–H and O–H groups in total. The highest BCUT2D eigenvalue weighted by atomic mass is 79.9. The maximum Gasteiger partial charge on any atom is 0.244 e. The van der Waals surface area contributed by atoms with Crippen LogP contribution in [0.15, 0.2) is 14.7 Å². The molecule has 0 amide bonds. The summed E-state index contributed by atoms with van der Waals surface area (Å²) in [7, 11) is -7.02. The van der Waals surface area contributed by atoms with Crippen LogP contribution in [0, 0.1) is 6.92 Å². The average molecular weight is 418 g/mol. The minimum absolute atomic E-state index is 0.0125. The summed E-state index contributed by atoms with van der Waals surface area (Å²) in [5.41, 5.74) is 0. The molecule has 2 rings (SSSR count). The number of hydrogen-bond acceptors (Lipinski definition) is 6. The number of thiophene rings is 1. The summed E-state index contributed by atoms with van der Waals surface area (Å²) in [4.78, 5) is 0.794. The lowest BCUT2D eigenvalue weighted by Crippen LogP contribution is -2.42. The minimum Gasteiger partial charge on any atom is -0.395 e. The van der Waals surface area contributed by atoms with E-state index >= 15 is 0 Å². The van der Waals surface area contributed by atoms with Gasteiger partial charge in [-0.15, -0.1) is 11.3 Å². The molecule has 0 radical (unpaired) electrons. The van der Waals surface area contributed by atoms with E-state index in [2.05, 4.69) is 15.9 Å². The van der Waals surface area contributed by atoms with Gasteiger partial charge in [-0.1, -0.05) is 0 Å². The first kappa shape index (κ1) is 17.4. The molecular formula is C11H16BrNO5S3. The lowest BCUT2D eigenvalue weighted by atomic mass is 10.3. The molecule has 1 aliphatic heterocycles. The Morgan fingerprint density at radius 2 is 2.19 bits per heavy atom. The third kappa shape index (κ3) is 3.67. The van der Waals surface area contributed by atoms with Gasteiger partial charge in [-0.25, -0.2) is 16.8 Å². The summed E-state index contributed by atoms with van der Waals surface area (Å²) in [6.45, 7) is 1.25. The molecule has 0 aliphatic carbocycles. The van der Waals surface area contributed by atoms with Crippen LogP contribution in [-0.2, 0) is 19.9 Å². The molecule has 1 aromatic rings. The lowest BCUT2D eigenvalue weighted by Gasteiger charge is -2.26. The third-order valence-electron chi connectivity index (χ3n) is 3.36. The van der Waals surface area contributed by atoms with E-state index in [4.69, 9.17) is 5.11 Å². The molecule has 2 heterocycles. The molecule has 21 heavy (non-hydrogen) atoms. The Hall–Kier alpha value is -0.000000000000000167. The fourth-order valence-electron chi connectivity index (χ4n) is 2.41. The molecule has 1 fully saturated rings. The van der Waals surface area contributed by atoms with E-state index in [1.165, 1.54) is 17.4 Å². The predicted octanol–water partition coefficient (Wildman–Crippen LogP) is 0.989. The fourth-order valence-corrected chi connectivity index (χ4v) is 8.27. The topological polar surface area (TPSA) is 91.8 Å². The molecule has 120 valence electrons. The van der Waals surface area contributed by atoms with E-state index in [-0.39, 0.29) is 36.0 Å². The second-order valence-corrected chi connectivity index (χ2v) is 11.6. The van der Waals surface area contributed by atoms with Crippen molar-refractivity contribution < 1.29 is 21.9 Å². The average Bonchev–Trinajstić information content (AvgIpc) is 2.88. The van der Waals surface area contributed by atoms with E-state index in [0.717, 1.165) is 4.31 Å². The van der Waals surface area contributed by atoms with Gasteiger partial charge in [0.25, 0.3) is 0 Å². The summed E-state index contributed by atoms with van der Waals surface area (Å²) in [5.74, 6) is -0.196. The number of rotatable bonds is 5. The minimum atomic E-state index is -3.82. The van der Waals surface area contributed by atoms with Crippen LogP contribution < -0.4 is 0 Å². The molecule has 1 atom stereocenters. The van der Waals surface area contributed by atoms with E-state index in [1.54, 1.807) is 6.92 Å². The molecule has 0 aromatic carbocycles. The van der Waals surface area contributed by atoms with Gasteiger partial charge in [-0.2, -0.15) is 4.31 Å². The van der Waals surface area contributed by atoms with Gasteiger partial charge in [-0.05, 0) is 35.3 Å². The monoisotopic (exact) mass is 417 g/mol. The van der Waals surface area contributed by atoms with Crippen molar-refractivity contribution in [3.05, 3.63) is 14.7 Å².